The summed E-state index contributed by atoms with van der Waals surface area (Å²) in [5, 5.41) is 10.6. The van der Waals surface area contributed by atoms with Gasteiger partial charge in [0.25, 0.3) is 0 Å². The summed E-state index contributed by atoms with van der Waals surface area (Å²) in [4.78, 5) is 15.9. The highest BCUT2D eigenvalue weighted by Gasteiger charge is 2.34. The van der Waals surface area contributed by atoms with Gasteiger partial charge in [-0.05, 0) is 50.0 Å². The van der Waals surface area contributed by atoms with Crippen molar-refractivity contribution in [1.29, 1.82) is 0 Å². The molecular formula is C19H29N3O3. The number of primary amides is 1. The Labute approximate surface area is 149 Å². The number of nitrogens with zero attached hydrogens (tertiary/aromatic N) is 2. The Hall–Kier alpha value is -1.63. The third kappa shape index (κ3) is 4.51. The second-order valence-electron chi connectivity index (χ2n) is 7.22. The van der Waals surface area contributed by atoms with Crippen molar-refractivity contribution in [1.82, 2.24) is 9.80 Å². The maximum Gasteiger partial charge on any atom is 0.220 e. The lowest BCUT2D eigenvalue weighted by molar-refractivity contribution is -0.123. The van der Waals surface area contributed by atoms with E-state index in [0.29, 0.717) is 6.54 Å². The molecule has 2 saturated heterocycles. The van der Waals surface area contributed by atoms with Gasteiger partial charge in [0.2, 0.25) is 5.91 Å². The Morgan fingerprint density at radius 1 is 1.20 bits per heavy atom. The molecular weight excluding hydrogens is 318 g/mol. The molecule has 0 aliphatic carbocycles. The molecule has 0 radical (unpaired) electrons. The molecule has 3 N–H and O–H groups in total. The summed E-state index contributed by atoms with van der Waals surface area (Å²) in [5.41, 5.74) is 6.64. The van der Waals surface area contributed by atoms with Gasteiger partial charge in [-0.15, -0.1) is 0 Å². The second kappa shape index (κ2) is 8.17. The first-order valence-corrected chi connectivity index (χ1v) is 9.13. The quantitative estimate of drug-likeness (QED) is 0.825. The number of methoxy groups -OCH3 is 1. The SMILES string of the molecule is COc1ccc(CN2CC[C@@H](N3CCC(C(N)=O)CC3)[C@H](O)C2)cc1. The van der Waals surface area contributed by atoms with Gasteiger partial charge >= 0.3 is 0 Å². The fourth-order valence-corrected chi connectivity index (χ4v) is 4.06. The third-order valence-corrected chi connectivity index (χ3v) is 5.60. The molecule has 6 heteroatoms. The van der Waals surface area contributed by atoms with Gasteiger partial charge in [-0.1, -0.05) is 12.1 Å². The zero-order valence-electron chi connectivity index (χ0n) is 14.9. The van der Waals surface area contributed by atoms with Gasteiger partial charge < -0.3 is 15.6 Å². The van der Waals surface area contributed by atoms with E-state index in [0.717, 1.165) is 51.2 Å². The molecule has 1 aromatic carbocycles. The fraction of sp³-hybridized carbons (Fsp3) is 0.632. The number of carbonyl (C=O) groups is 1. The molecule has 2 aliphatic heterocycles. The van der Waals surface area contributed by atoms with Gasteiger partial charge in [0, 0.05) is 31.6 Å². The van der Waals surface area contributed by atoms with Crippen LogP contribution in [0.5, 0.6) is 5.75 Å². The molecule has 0 bridgehead atoms. The Kier molecular flexibility index (Phi) is 5.93. The van der Waals surface area contributed by atoms with E-state index in [9.17, 15) is 9.90 Å². The number of amides is 1. The van der Waals surface area contributed by atoms with Crippen molar-refractivity contribution in [2.75, 3.05) is 33.3 Å². The Bertz CT molecular complexity index is 570. The molecule has 138 valence electrons. The summed E-state index contributed by atoms with van der Waals surface area (Å²) in [6.07, 6.45) is 2.23. The minimum atomic E-state index is -0.350. The minimum absolute atomic E-state index is 0.00329. The number of rotatable bonds is 5. The van der Waals surface area contributed by atoms with Gasteiger partial charge in [-0.25, -0.2) is 0 Å². The molecule has 2 heterocycles. The van der Waals surface area contributed by atoms with Crippen molar-refractivity contribution in [2.45, 2.75) is 38.0 Å². The average Bonchev–Trinajstić information content (AvgIpc) is 2.62. The molecule has 2 atom stereocenters. The monoisotopic (exact) mass is 347 g/mol. The van der Waals surface area contributed by atoms with Crippen LogP contribution in [0.3, 0.4) is 0 Å². The number of benzene rings is 1. The van der Waals surface area contributed by atoms with Crippen LogP contribution in [0, 0.1) is 5.92 Å². The highest BCUT2D eigenvalue weighted by atomic mass is 16.5. The molecule has 0 saturated carbocycles. The van der Waals surface area contributed by atoms with Crippen LogP contribution < -0.4 is 10.5 Å². The fourth-order valence-electron chi connectivity index (χ4n) is 4.06. The number of ether oxygens (including phenoxy) is 1. The first-order valence-electron chi connectivity index (χ1n) is 9.13. The number of carbonyl (C=O) groups excluding carboxylic acids is 1. The maximum absolute atomic E-state index is 11.3. The van der Waals surface area contributed by atoms with E-state index in [2.05, 4.69) is 21.9 Å². The number of hydrogen-bond acceptors (Lipinski definition) is 5. The largest absolute Gasteiger partial charge is 0.497 e. The zero-order chi connectivity index (χ0) is 17.8. The van der Waals surface area contributed by atoms with E-state index in [-0.39, 0.29) is 24.0 Å². The molecule has 0 spiro atoms. The second-order valence-corrected chi connectivity index (χ2v) is 7.22. The van der Waals surface area contributed by atoms with Crippen molar-refractivity contribution in [3.63, 3.8) is 0 Å². The molecule has 25 heavy (non-hydrogen) atoms. The molecule has 3 rings (SSSR count). The van der Waals surface area contributed by atoms with Crippen LogP contribution in [0.2, 0.25) is 0 Å². The van der Waals surface area contributed by atoms with E-state index in [1.807, 2.05) is 12.1 Å². The van der Waals surface area contributed by atoms with Crippen LogP contribution in [0.15, 0.2) is 24.3 Å². The third-order valence-electron chi connectivity index (χ3n) is 5.60. The highest BCUT2D eigenvalue weighted by molar-refractivity contribution is 5.76. The van der Waals surface area contributed by atoms with Gasteiger partial charge in [0.15, 0.2) is 0 Å². The van der Waals surface area contributed by atoms with E-state index in [1.165, 1.54) is 5.56 Å². The van der Waals surface area contributed by atoms with Crippen LogP contribution in [-0.2, 0) is 11.3 Å². The van der Waals surface area contributed by atoms with Crippen molar-refractivity contribution in [3.8, 4) is 5.75 Å². The van der Waals surface area contributed by atoms with E-state index in [1.54, 1.807) is 7.11 Å². The molecule has 1 amide bonds. The van der Waals surface area contributed by atoms with E-state index >= 15 is 0 Å². The average molecular weight is 347 g/mol. The van der Waals surface area contributed by atoms with Crippen molar-refractivity contribution >= 4 is 5.91 Å². The number of aliphatic hydroxyl groups excluding tert-OH is 1. The lowest BCUT2D eigenvalue weighted by Gasteiger charge is -2.44. The summed E-state index contributed by atoms with van der Waals surface area (Å²) in [6.45, 7) is 4.22. The standard InChI is InChI=1S/C19H29N3O3/c1-25-16-4-2-14(3-5-16)12-21-9-8-17(18(23)13-21)22-10-6-15(7-11-22)19(20)24/h2-5,15,17-18,23H,6-13H2,1H3,(H2,20,24)/t17-,18-/m1/s1. The molecule has 2 aliphatic rings. The van der Waals surface area contributed by atoms with Gasteiger partial charge in [0.1, 0.15) is 5.75 Å². The zero-order valence-corrected chi connectivity index (χ0v) is 14.9. The lowest BCUT2D eigenvalue weighted by Crippen LogP contribution is -2.56. The van der Waals surface area contributed by atoms with Crippen molar-refractivity contribution < 1.29 is 14.6 Å². The molecule has 0 unspecified atom stereocenters. The van der Waals surface area contributed by atoms with Crippen molar-refractivity contribution in [2.24, 2.45) is 11.7 Å². The van der Waals surface area contributed by atoms with Crippen LogP contribution >= 0.6 is 0 Å². The maximum atomic E-state index is 11.3. The van der Waals surface area contributed by atoms with Crippen LogP contribution in [0.25, 0.3) is 0 Å². The number of likely N-dealkylation sites (tertiary alicyclic amines) is 2. The van der Waals surface area contributed by atoms with Gasteiger partial charge in [-0.2, -0.15) is 0 Å². The summed E-state index contributed by atoms with van der Waals surface area (Å²) in [5.74, 6) is 0.680. The summed E-state index contributed by atoms with van der Waals surface area (Å²) < 4.78 is 5.19. The Balaban J connectivity index is 1.49. The molecule has 2 fully saturated rings. The lowest BCUT2D eigenvalue weighted by atomic mass is 9.92. The first-order chi connectivity index (χ1) is 12.1. The smallest absolute Gasteiger partial charge is 0.220 e. The normalized spacial score (nSPS) is 26.5. The number of piperidine rings is 2. The Morgan fingerprint density at radius 2 is 1.88 bits per heavy atom. The summed E-state index contributed by atoms with van der Waals surface area (Å²) >= 11 is 0. The topological polar surface area (TPSA) is 79.0 Å². The summed E-state index contributed by atoms with van der Waals surface area (Å²) in [7, 11) is 1.67. The van der Waals surface area contributed by atoms with Gasteiger partial charge in [-0.3, -0.25) is 14.6 Å². The number of aliphatic hydroxyl groups is 1. The van der Waals surface area contributed by atoms with Crippen LogP contribution in [0.1, 0.15) is 24.8 Å². The predicted octanol–water partition coefficient (Wildman–Crippen LogP) is 0.828. The van der Waals surface area contributed by atoms with Gasteiger partial charge in [0.05, 0.1) is 13.2 Å². The first kappa shape index (κ1) is 18.2. The van der Waals surface area contributed by atoms with E-state index in [4.69, 9.17) is 10.5 Å². The van der Waals surface area contributed by atoms with Crippen molar-refractivity contribution in [3.05, 3.63) is 29.8 Å². The minimum Gasteiger partial charge on any atom is -0.497 e. The molecule has 0 aromatic heterocycles. The van der Waals surface area contributed by atoms with E-state index < -0.39 is 0 Å². The molecule has 1 aromatic rings. The predicted molar refractivity (Wildman–Crippen MR) is 96.2 cm³/mol. The summed E-state index contributed by atoms with van der Waals surface area (Å²) in [6, 6.07) is 8.29. The number of β-amino-alcohol motifs (C(OH)–C–C–N with tert-alkyl or cyclic N) is 1. The molecule has 6 nitrogen and oxygen atoms in total. The number of nitrogens with two attached hydrogens (primary N) is 1. The highest BCUT2D eigenvalue weighted by Crippen LogP contribution is 2.25. The number of hydrogen-bond donors (Lipinski definition) is 2. The van der Waals surface area contributed by atoms with Crippen LogP contribution in [-0.4, -0.2) is 66.2 Å². The Morgan fingerprint density at radius 3 is 2.44 bits per heavy atom. The van der Waals surface area contributed by atoms with Crippen LogP contribution in [0.4, 0.5) is 0 Å².